The second-order valence-electron chi connectivity index (χ2n) is 5.61. The van der Waals surface area contributed by atoms with E-state index in [2.05, 4.69) is 10.2 Å². The van der Waals surface area contributed by atoms with Crippen LogP contribution in [0.3, 0.4) is 0 Å². The highest BCUT2D eigenvalue weighted by Crippen LogP contribution is 2.21. The average molecular weight is 349 g/mol. The highest BCUT2D eigenvalue weighted by Gasteiger charge is 2.13. The normalized spacial score (nSPS) is 15.2. The van der Waals surface area contributed by atoms with Crippen LogP contribution < -0.4 is 4.74 Å². The predicted molar refractivity (Wildman–Crippen MR) is 94.1 cm³/mol. The lowest BCUT2D eigenvalue weighted by molar-refractivity contribution is 0.0397. The third kappa shape index (κ3) is 3.88. The monoisotopic (exact) mass is 348 g/mol. The van der Waals surface area contributed by atoms with Gasteiger partial charge in [0, 0.05) is 0 Å². The summed E-state index contributed by atoms with van der Waals surface area (Å²) in [5.41, 5.74) is 2.79. The quantitative estimate of drug-likeness (QED) is 0.779. The standard InChI is InChI=1S/C17H21ClN4O2/c1-13-16(11-19-21-6-8-24-9-7-21)17(18)22(20-13)12-14-4-3-5-15(10-14)23-2/h3-5,10-11H,6-9,12H2,1-2H3/b19-11+. The van der Waals surface area contributed by atoms with E-state index in [-0.39, 0.29) is 0 Å². The molecule has 0 saturated carbocycles. The third-order valence-corrected chi connectivity index (χ3v) is 4.31. The Bertz CT molecular complexity index is 723. The van der Waals surface area contributed by atoms with Gasteiger partial charge in [-0.2, -0.15) is 10.2 Å². The minimum absolute atomic E-state index is 0.586. The van der Waals surface area contributed by atoms with Crippen LogP contribution in [0.25, 0.3) is 0 Å². The van der Waals surface area contributed by atoms with Crippen LogP contribution in [0.1, 0.15) is 16.8 Å². The van der Waals surface area contributed by atoms with E-state index in [0.29, 0.717) is 24.9 Å². The van der Waals surface area contributed by atoms with Crippen LogP contribution in [0.5, 0.6) is 5.75 Å². The molecule has 1 aromatic carbocycles. The molecule has 24 heavy (non-hydrogen) atoms. The van der Waals surface area contributed by atoms with Gasteiger partial charge in [0.2, 0.25) is 0 Å². The summed E-state index contributed by atoms with van der Waals surface area (Å²) in [5.74, 6) is 0.821. The van der Waals surface area contributed by atoms with Gasteiger partial charge in [0.25, 0.3) is 0 Å². The van der Waals surface area contributed by atoms with E-state index < -0.39 is 0 Å². The third-order valence-electron chi connectivity index (χ3n) is 3.91. The predicted octanol–water partition coefficient (Wildman–Crippen LogP) is 2.57. The molecule has 1 saturated heterocycles. The highest BCUT2D eigenvalue weighted by atomic mass is 35.5. The van der Waals surface area contributed by atoms with Crippen molar-refractivity contribution in [2.45, 2.75) is 13.5 Å². The molecule has 128 valence electrons. The molecule has 0 aliphatic carbocycles. The van der Waals surface area contributed by atoms with Crippen LogP contribution >= 0.6 is 11.6 Å². The maximum atomic E-state index is 6.51. The SMILES string of the molecule is COc1cccc(Cn2nc(C)c(/C=N/N3CCOCC3)c2Cl)c1. The van der Waals surface area contributed by atoms with Gasteiger partial charge in [-0.1, -0.05) is 23.7 Å². The van der Waals surface area contributed by atoms with Crippen molar-refractivity contribution in [3.63, 3.8) is 0 Å². The molecule has 0 unspecified atom stereocenters. The number of hydrazone groups is 1. The number of morpholine rings is 1. The van der Waals surface area contributed by atoms with Crippen LogP contribution in [0, 0.1) is 6.92 Å². The average Bonchev–Trinajstić information content (AvgIpc) is 2.87. The van der Waals surface area contributed by atoms with E-state index in [9.17, 15) is 0 Å². The van der Waals surface area contributed by atoms with E-state index in [1.54, 1.807) is 18.0 Å². The summed E-state index contributed by atoms with van der Waals surface area (Å²) in [6, 6.07) is 7.88. The first-order valence-corrected chi connectivity index (χ1v) is 8.27. The zero-order chi connectivity index (χ0) is 16.9. The van der Waals surface area contributed by atoms with Gasteiger partial charge in [0.1, 0.15) is 10.9 Å². The lowest BCUT2D eigenvalue weighted by Crippen LogP contribution is -2.32. The molecule has 0 N–H and O–H groups in total. The second-order valence-corrected chi connectivity index (χ2v) is 5.97. The van der Waals surface area contributed by atoms with Gasteiger partial charge < -0.3 is 9.47 Å². The van der Waals surface area contributed by atoms with Crippen molar-refractivity contribution in [1.82, 2.24) is 14.8 Å². The van der Waals surface area contributed by atoms with Crippen LogP contribution in [0.2, 0.25) is 5.15 Å². The molecular weight excluding hydrogens is 328 g/mol. The summed E-state index contributed by atoms with van der Waals surface area (Å²) in [7, 11) is 1.66. The van der Waals surface area contributed by atoms with Crippen molar-refractivity contribution < 1.29 is 9.47 Å². The minimum Gasteiger partial charge on any atom is -0.497 e. The number of hydrogen-bond acceptors (Lipinski definition) is 5. The first-order valence-electron chi connectivity index (χ1n) is 7.90. The number of nitrogens with zero attached hydrogens (tertiary/aromatic N) is 4. The molecule has 0 atom stereocenters. The Balaban J connectivity index is 1.76. The maximum Gasteiger partial charge on any atom is 0.136 e. The Hall–Kier alpha value is -2.05. The topological polar surface area (TPSA) is 51.9 Å². The van der Waals surface area contributed by atoms with E-state index in [1.807, 2.05) is 36.2 Å². The summed E-state index contributed by atoms with van der Waals surface area (Å²) < 4.78 is 12.4. The van der Waals surface area contributed by atoms with Crippen molar-refractivity contribution in [2.24, 2.45) is 5.10 Å². The molecule has 1 aromatic heterocycles. The zero-order valence-electron chi connectivity index (χ0n) is 13.9. The van der Waals surface area contributed by atoms with Crippen molar-refractivity contribution in [1.29, 1.82) is 0 Å². The summed E-state index contributed by atoms with van der Waals surface area (Å²) in [6.07, 6.45) is 1.79. The van der Waals surface area contributed by atoms with Gasteiger partial charge in [-0.05, 0) is 24.6 Å². The second kappa shape index (κ2) is 7.68. The van der Waals surface area contributed by atoms with Gasteiger partial charge in [0.15, 0.2) is 0 Å². The molecule has 1 aliphatic heterocycles. The molecular formula is C17H21ClN4O2. The smallest absolute Gasteiger partial charge is 0.136 e. The summed E-state index contributed by atoms with van der Waals surface area (Å²) in [6.45, 7) is 5.53. The van der Waals surface area contributed by atoms with Crippen molar-refractivity contribution in [3.8, 4) is 5.75 Å². The minimum atomic E-state index is 0.586. The molecule has 1 fully saturated rings. The number of hydrogen-bond donors (Lipinski definition) is 0. The zero-order valence-corrected chi connectivity index (χ0v) is 14.7. The van der Waals surface area contributed by atoms with E-state index in [4.69, 9.17) is 21.1 Å². The highest BCUT2D eigenvalue weighted by molar-refractivity contribution is 6.32. The summed E-state index contributed by atoms with van der Waals surface area (Å²) in [5, 5.41) is 11.6. The van der Waals surface area contributed by atoms with Crippen LogP contribution in [0.15, 0.2) is 29.4 Å². The van der Waals surface area contributed by atoms with Crippen LogP contribution in [0.4, 0.5) is 0 Å². The number of rotatable bonds is 5. The fraction of sp³-hybridized carbons (Fsp3) is 0.412. The van der Waals surface area contributed by atoms with Crippen molar-refractivity contribution >= 4 is 17.8 Å². The molecule has 3 rings (SSSR count). The number of benzene rings is 1. The number of methoxy groups -OCH3 is 1. The molecule has 2 aromatic rings. The van der Waals surface area contributed by atoms with Gasteiger partial charge in [-0.15, -0.1) is 0 Å². The molecule has 0 spiro atoms. The fourth-order valence-electron chi connectivity index (χ4n) is 2.57. The first-order chi connectivity index (χ1) is 11.7. The van der Waals surface area contributed by atoms with Gasteiger partial charge in [0.05, 0.1) is 57.4 Å². The Kier molecular flexibility index (Phi) is 5.37. The van der Waals surface area contributed by atoms with Crippen molar-refractivity contribution in [2.75, 3.05) is 33.4 Å². The van der Waals surface area contributed by atoms with E-state index >= 15 is 0 Å². The number of aryl methyl sites for hydroxylation is 1. The fourth-order valence-corrected chi connectivity index (χ4v) is 2.85. The van der Waals surface area contributed by atoms with E-state index in [1.165, 1.54) is 0 Å². The Labute approximate surface area is 146 Å². The molecule has 0 bridgehead atoms. The van der Waals surface area contributed by atoms with Gasteiger partial charge in [-0.3, -0.25) is 5.01 Å². The lowest BCUT2D eigenvalue weighted by atomic mass is 10.2. The maximum absolute atomic E-state index is 6.51. The molecule has 6 nitrogen and oxygen atoms in total. The molecule has 2 heterocycles. The Morgan fingerprint density at radius 2 is 2.17 bits per heavy atom. The summed E-state index contributed by atoms with van der Waals surface area (Å²) >= 11 is 6.51. The van der Waals surface area contributed by atoms with Crippen LogP contribution in [-0.4, -0.2) is 54.4 Å². The van der Waals surface area contributed by atoms with Gasteiger partial charge >= 0.3 is 0 Å². The number of aromatic nitrogens is 2. The summed E-state index contributed by atoms with van der Waals surface area (Å²) in [4.78, 5) is 0. The molecule has 0 radical (unpaired) electrons. The number of halogens is 1. The Morgan fingerprint density at radius 3 is 2.92 bits per heavy atom. The molecule has 0 amide bonds. The number of ether oxygens (including phenoxy) is 2. The molecule has 7 heteroatoms. The van der Waals surface area contributed by atoms with Crippen LogP contribution in [-0.2, 0) is 11.3 Å². The first kappa shape index (κ1) is 16.8. The van der Waals surface area contributed by atoms with Gasteiger partial charge in [-0.25, -0.2) is 4.68 Å². The largest absolute Gasteiger partial charge is 0.497 e. The molecule has 1 aliphatic rings. The Morgan fingerprint density at radius 1 is 1.38 bits per heavy atom. The van der Waals surface area contributed by atoms with Crippen molar-refractivity contribution in [3.05, 3.63) is 46.2 Å². The lowest BCUT2D eigenvalue weighted by Gasteiger charge is -2.23. The van der Waals surface area contributed by atoms with E-state index in [0.717, 1.165) is 35.7 Å².